The molecule has 11 heteroatoms. The number of amides is 1. The molecule has 0 heterocycles. The molecule has 4 N–H and O–H groups in total. The molecule has 2 rings (SSSR count). The Bertz CT molecular complexity index is 868. The first kappa shape index (κ1) is 22.8. The van der Waals surface area contributed by atoms with Crippen molar-refractivity contribution in [2.45, 2.75) is 0 Å². The van der Waals surface area contributed by atoms with Crippen LogP contribution in [0.25, 0.3) is 0 Å². The summed E-state index contributed by atoms with van der Waals surface area (Å²) in [6.07, 6.45) is 0. The van der Waals surface area contributed by atoms with Gasteiger partial charge in [-0.25, -0.2) is 18.2 Å². The van der Waals surface area contributed by atoms with Crippen molar-refractivity contribution in [1.29, 1.82) is 0 Å². The lowest BCUT2D eigenvalue weighted by Crippen LogP contribution is -2.25. The average molecular weight is 515 g/mol. The Kier molecular flexibility index (Phi) is 8.63. The standard InChI is InChI=1S/C16H14ClF3N4O2.HI/c1-26-12-5-2-8(6-9(12)17)23-16(21)22-7-13(25)24-11-4-3-10(18)14(19)15(11)20;/h2-6H,7H2,1H3,(H,24,25)(H3,21,22,23);1H. The van der Waals surface area contributed by atoms with Crippen molar-refractivity contribution in [2.75, 3.05) is 24.3 Å². The van der Waals surface area contributed by atoms with Crippen molar-refractivity contribution in [3.63, 3.8) is 0 Å². The normalized spacial score (nSPS) is 10.8. The zero-order chi connectivity index (χ0) is 19.3. The van der Waals surface area contributed by atoms with Crippen LogP contribution in [0.3, 0.4) is 0 Å². The Balaban J connectivity index is 0.00000364. The summed E-state index contributed by atoms with van der Waals surface area (Å²) < 4.78 is 44.4. The summed E-state index contributed by atoms with van der Waals surface area (Å²) in [6.45, 7) is -0.471. The van der Waals surface area contributed by atoms with Gasteiger partial charge in [-0.3, -0.25) is 4.79 Å². The van der Waals surface area contributed by atoms with Gasteiger partial charge in [0.05, 0.1) is 17.8 Å². The Morgan fingerprint density at radius 3 is 2.52 bits per heavy atom. The molecule has 27 heavy (non-hydrogen) atoms. The van der Waals surface area contributed by atoms with Crippen molar-refractivity contribution < 1.29 is 22.7 Å². The monoisotopic (exact) mass is 514 g/mol. The SMILES string of the molecule is COc1ccc(NC(N)=NCC(=O)Nc2ccc(F)c(F)c2F)cc1Cl.I. The molecule has 1 amide bonds. The van der Waals surface area contributed by atoms with Crippen LogP contribution < -0.4 is 21.1 Å². The van der Waals surface area contributed by atoms with Crippen LogP contribution in [0.5, 0.6) is 5.75 Å². The first-order chi connectivity index (χ1) is 12.3. The molecule has 2 aromatic carbocycles. The minimum atomic E-state index is -1.68. The number of halogens is 5. The van der Waals surface area contributed by atoms with Crippen LogP contribution in [0.1, 0.15) is 0 Å². The number of hydrogen-bond donors (Lipinski definition) is 3. The number of nitrogens with zero attached hydrogens (tertiary/aromatic N) is 1. The summed E-state index contributed by atoms with van der Waals surface area (Å²) in [6, 6.07) is 6.37. The van der Waals surface area contributed by atoms with Gasteiger partial charge in [0.15, 0.2) is 23.4 Å². The van der Waals surface area contributed by atoms with E-state index in [0.717, 1.165) is 6.07 Å². The number of rotatable bonds is 5. The summed E-state index contributed by atoms with van der Waals surface area (Å²) in [4.78, 5) is 15.5. The van der Waals surface area contributed by atoms with Gasteiger partial charge in [-0.15, -0.1) is 24.0 Å². The fourth-order valence-corrected chi connectivity index (χ4v) is 2.16. The lowest BCUT2D eigenvalue weighted by atomic mass is 10.3. The molecule has 0 aliphatic carbocycles. The number of nitrogens with two attached hydrogens (primary N) is 1. The Morgan fingerprint density at radius 1 is 1.19 bits per heavy atom. The zero-order valence-corrected chi connectivity index (χ0v) is 16.9. The molecule has 0 radical (unpaired) electrons. The van der Waals surface area contributed by atoms with Crippen molar-refractivity contribution in [1.82, 2.24) is 0 Å². The molecule has 0 fully saturated rings. The highest BCUT2D eigenvalue weighted by Gasteiger charge is 2.15. The van der Waals surface area contributed by atoms with Crippen molar-refractivity contribution in [3.8, 4) is 5.75 Å². The first-order valence-corrected chi connectivity index (χ1v) is 7.53. The maximum Gasteiger partial charge on any atom is 0.246 e. The average Bonchev–Trinajstić information content (AvgIpc) is 2.61. The van der Waals surface area contributed by atoms with Gasteiger partial charge < -0.3 is 21.1 Å². The van der Waals surface area contributed by atoms with Gasteiger partial charge in [-0.05, 0) is 30.3 Å². The Labute approximate surface area is 175 Å². The Hall–Kier alpha value is -2.21. The predicted octanol–water partition coefficient (Wildman–Crippen LogP) is 3.75. The number of nitrogens with one attached hydrogen (secondary N) is 2. The van der Waals surface area contributed by atoms with Gasteiger partial charge in [0.1, 0.15) is 12.3 Å². The van der Waals surface area contributed by atoms with E-state index < -0.39 is 35.6 Å². The number of aliphatic imine (C=N–C) groups is 1. The summed E-state index contributed by atoms with van der Waals surface area (Å²) in [5.41, 5.74) is 5.64. The summed E-state index contributed by atoms with van der Waals surface area (Å²) >= 11 is 5.97. The fourth-order valence-electron chi connectivity index (χ4n) is 1.90. The second kappa shape index (κ2) is 10.2. The van der Waals surface area contributed by atoms with Crippen LogP contribution in [0, 0.1) is 17.5 Å². The van der Waals surface area contributed by atoms with Crippen molar-refractivity contribution >= 4 is 58.8 Å². The van der Waals surface area contributed by atoms with Crippen LogP contribution in [-0.2, 0) is 4.79 Å². The van der Waals surface area contributed by atoms with E-state index in [-0.39, 0.29) is 29.9 Å². The summed E-state index contributed by atoms with van der Waals surface area (Å²) in [7, 11) is 1.47. The molecular formula is C16H15ClF3IN4O2. The van der Waals surface area contributed by atoms with Gasteiger partial charge in [-0.2, -0.15) is 0 Å². The molecule has 0 spiro atoms. The Morgan fingerprint density at radius 2 is 1.89 bits per heavy atom. The third-order valence-electron chi connectivity index (χ3n) is 3.13. The van der Waals surface area contributed by atoms with Gasteiger partial charge in [0, 0.05) is 5.69 Å². The largest absolute Gasteiger partial charge is 0.495 e. The molecule has 0 aromatic heterocycles. The van der Waals surface area contributed by atoms with Crippen LogP contribution in [0.2, 0.25) is 5.02 Å². The van der Waals surface area contributed by atoms with Gasteiger partial charge in [-0.1, -0.05) is 11.6 Å². The topological polar surface area (TPSA) is 88.7 Å². The third kappa shape index (κ3) is 6.17. The van der Waals surface area contributed by atoms with E-state index >= 15 is 0 Å². The molecular weight excluding hydrogens is 500 g/mol. The molecule has 0 atom stereocenters. The molecule has 0 unspecified atom stereocenters. The number of carbonyl (C=O) groups is 1. The molecule has 6 nitrogen and oxygen atoms in total. The zero-order valence-electron chi connectivity index (χ0n) is 13.9. The molecule has 146 valence electrons. The number of hydrogen-bond acceptors (Lipinski definition) is 3. The summed E-state index contributed by atoms with van der Waals surface area (Å²) in [5.74, 6) is -4.93. The van der Waals surface area contributed by atoms with Crippen molar-refractivity contribution in [2.24, 2.45) is 10.7 Å². The molecule has 0 saturated carbocycles. The van der Waals surface area contributed by atoms with E-state index in [9.17, 15) is 18.0 Å². The van der Waals surface area contributed by atoms with E-state index in [0.29, 0.717) is 22.5 Å². The lowest BCUT2D eigenvalue weighted by molar-refractivity contribution is -0.114. The second-order valence-corrected chi connectivity index (χ2v) is 5.35. The maximum absolute atomic E-state index is 13.5. The van der Waals surface area contributed by atoms with E-state index in [1.807, 2.05) is 0 Å². The quantitative estimate of drug-likeness (QED) is 0.245. The molecule has 2 aromatic rings. The van der Waals surface area contributed by atoms with Crippen molar-refractivity contribution in [3.05, 3.63) is 52.8 Å². The molecule has 0 aliphatic heterocycles. The highest BCUT2D eigenvalue weighted by molar-refractivity contribution is 14.0. The smallest absolute Gasteiger partial charge is 0.246 e. The minimum absolute atomic E-state index is 0. The third-order valence-corrected chi connectivity index (χ3v) is 3.42. The van der Waals surface area contributed by atoms with Gasteiger partial charge >= 0.3 is 0 Å². The molecule has 0 saturated heterocycles. The number of carbonyl (C=O) groups excluding carboxylic acids is 1. The number of anilines is 2. The number of ether oxygens (including phenoxy) is 1. The predicted molar refractivity (Wildman–Crippen MR) is 108 cm³/mol. The van der Waals surface area contributed by atoms with E-state index in [4.69, 9.17) is 22.1 Å². The molecule has 0 bridgehead atoms. The lowest BCUT2D eigenvalue weighted by Gasteiger charge is -2.09. The second-order valence-electron chi connectivity index (χ2n) is 4.95. The molecule has 0 aliphatic rings. The van der Waals surface area contributed by atoms with Gasteiger partial charge in [0.2, 0.25) is 5.91 Å². The van der Waals surface area contributed by atoms with Crippen LogP contribution in [0.4, 0.5) is 24.5 Å². The van der Waals surface area contributed by atoms with E-state index in [1.54, 1.807) is 18.2 Å². The number of guanidine groups is 1. The highest BCUT2D eigenvalue weighted by Crippen LogP contribution is 2.27. The number of methoxy groups -OCH3 is 1. The fraction of sp³-hybridized carbons (Fsp3) is 0.125. The maximum atomic E-state index is 13.5. The highest BCUT2D eigenvalue weighted by atomic mass is 127. The summed E-state index contributed by atoms with van der Waals surface area (Å²) in [5, 5.41) is 5.12. The van der Waals surface area contributed by atoms with Crippen LogP contribution >= 0.6 is 35.6 Å². The van der Waals surface area contributed by atoms with Crippen LogP contribution in [-0.4, -0.2) is 25.5 Å². The van der Waals surface area contributed by atoms with Gasteiger partial charge in [0.25, 0.3) is 0 Å². The van der Waals surface area contributed by atoms with Crippen LogP contribution in [0.15, 0.2) is 35.3 Å². The minimum Gasteiger partial charge on any atom is -0.495 e. The van der Waals surface area contributed by atoms with E-state index in [1.165, 1.54) is 7.11 Å². The number of benzene rings is 2. The first-order valence-electron chi connectivity index (χ1n) is 7.15. The van der Waals surface area contributed by atoms with E-state index in [2.05, 4.69) is 15.6 Å².